The van der Waals surface area contributed by atoms with Crippen LogP contribution in [0, 0.1) is 5.92 Å². The van der Waals surface area contributed by atoms with Gasteiger partial charge in [0.2, 0.25) is 10.0 Å². The molecule has 0 amide bonds. The topological polar surface area (TPSA) is 68.5 Å². The van der Waals surface area contributed by atoms with Crippen LogP contribution in [-0.4, -0.2) is 21.1 Å². The van der Waals surface area contributed by atoms with E-state index in [2.05, 4.69) is 18.6 Å². The van der Waals surface area contributed by atoms with Gasteiger partial charge in [0.25, 0.3) is 0 Å². The van der Waals surface area contributed by atoms with Gasteiger partial charge in [-0.1, -0.05) is 13.8 Å². The lowest BCUT2D eigenvalue weighted by Crippen LogP contribution is -2.34. The van der Waals surface area contributed by atoms with Gasteiger partial charge in [-0.25, -0.2) is 13.1 Å². The number of hydrogen-bond donors (Lipinski definition) is 1. The molecule has 0 aliphatic carbocycles. The van der Waals surface area contributed by atoms with Crippen LogP contribution >= 0.6 is 0 Å². The molecular formula is C17H23NO4S. The van der Waals surface area contributed by atoms with Gasteiger partial charge in [0.05, 0.1) is 24.0 Å². The van der Waals surface area contributed by atoms with Gasteiger partial charge in [0.15, 0.2) is 0 Å². The van der Waals surface area contributed by atoms with Crippen molar-refractivity contribution < 1.29 is 17.6 Å². The summed E-state index contributed by atoms with van der Waals surface area (Å²) in [6, 6.07) is 8.07. The molecule has 2 rings (SSSR count). The van der Waals surface area contributed by atoms with Crippen molar-refractivity contribution in [2.45, 2.75) is 38.1 Å². The molecule has 6 heteroatoms. The molecule has 5 nitrogen and oxygen atoms in total. The number of benzene rings is 1. The lowest BCUT2D eigenvalue weighted by molar-refractivity contribution is 0.271. The van der Waals surface area contributed by atoms with Crippen LogP contribution in [0.15, 0.2) is 52.2 Å². The van der Waals surface area contributed by atoms with Gasteiger partial charge in [-0.05, 0) is 55.2 Å². The summed E-state index contributed by atoms with van der Waals surface area (Å²) in [5, 5.41) is 0. The van der Waals surface area contributed by atoms with Crippen molar-refractivity contribution in [1.29, 1.82) is 0 Å². The molecule has 1 aromatic heterocycles. The van der Waals surface area contributed by atoms with E-state index in [-0.39, 0.29) is 10.9 Å². The van der Waals surface area contributed by atoms with E-state index in [1.54, 1.807) is 36.8 Å². The Morgan fingerprint density at radius 1 is 1.13 bits per heavy atom. The normalized spacial score (nSPS) is 13.2. The molecule has 1 aromatic carbocycles. The molecule has 0 aliphatic rings. The second-order valence-electron chi connectivity index (χ2n) is 6.03. The number of nitrogens with one attached hydrogen (secondary N) is 1. The molecule has 0 saturated carbocycles. The van der Waals surface area contributed by atoms with E-state index in [1.807, 2.05) is 13.0 Å². The van der Waals surface area contributed by atoms with Crippen LogP contribution in [0.3, 0.4) is 0 Å². The molecule has 1 atom stereocenters. The molecule has 1 unspecified atom stereocenters. The number of furan rings is 1. The predicted octanol–water partition coefficient (Wildman–Crippen LogP) is 3.22. The minimum Gasteiger partial charge on any atom is -0.493 e. The number of hydrogen-bond acceptors (Lipinski definition) is 4. The Bertz CT molecular complexity index is 691. The van der Waals surface area contributed by atoms with Crippen molar-refractivity contribution in [3.63, 3.8) is 0 Å². The Labute approximate surface area is 137 Å². The molecule has 0 bridgehead atoms. The van der Waals surface area contributed by atoms with E-state index in [9.17, 15) is 8.42 Å². The van der Waals surface area contributed by atoms with E-state index < -0.39 is 10.0 Å². The van der Waals surface area contributed by atoms with Gasteiger partial charge >= 0.3 is 0 Å². The average molecular weight is 337 g/mol. The van der Waals surface area contributed by atoms with Gasteiger partial charge in [-0.3, -0.25) is 0 Å². The molecule has 2 aromatic rings. The van der Waals surface area contributed by atoms with Gasteiger partial charge in [0.1, 0.15) is 5.75 Å². The van der Waals surface area contributed by atoms with Crippen LogP contribution in [0.2, 0.25) is 0 Å². The van der Waals surface area contributed by atoms with Crippen LogP contribution in [0.25, 0.3) is 0 Å². The summed E-state index contributed by atoms with van der Waals surface area (Å²) in [6.07, 6.45) is 3.77. The first kappa shape index (κ1) is 17.6. The largest absolute Gasteiger partial charge is 0.493 e. The van der Waals surface area contributed by atoms with Crippen molar-refractivity contribution in [2.24, 2.45) is 5.92 Å². The van der Waals surface area contributed by atoms with Crippen molar-refractivity contribution in [1.82, 2.24) is 4.72 Å². The summed E-state index contributed by atoms with van der Waals surface area (Å²) >= 11 is 0. The van der Waals surface area contributed by atoms with Crippen molar-refractivity contribution >= 4 is 10.0 Å². The number of sulfonamides is 1. The maximum Gasteiger partial charge on any atom is 0.240 e. The molecule has 0 aliphatic heterocycles. The molecule has 1 heterocycles. The number of rotatable bonds is 8. The summed E-state index contributed by atoms with van der Waals surface area (Å²) < 4.78 is 38.0. The molecule has 0 saturated heterocycles. The quantitative estimate of drug-likeness (QED) is 0.803. The second kappa shape index (κ2) is 7.66. The highest BCUT2D eigenvalue weighted by Crippen LogP contribution is 2.17. The minimum absolute atomic E-state index is 0.227. The third kappa shape index (κ3) is 5.41. The first-order chi connectivity index (χ1) is 10.9. The third-order valence-corrected chi connectivity index (χ3v) is 4.80. The van der Waals surface area contributed by atoms with Gasteiger partial charge in [-0.2, -0.15) is 0 Å². The average Bonchev–Trinajstić information content (AvgIpc) is 2.97. The summed E-state index contributed by atoms with van der Waals surface area (Å²) in [4.78, 5) is 0.230. The molecule has 1 N–H and O–H groups in total. The Morgan fingerprint density at radius 3 is 2.39 bits per heavy atom. The highest BCUT2D eigenvalue weighted by atomic mass is 32.2. The van der Waals surface area contributed by atoms with E-state index in [4.69, 9.17) is 9.15 Å². The molecule has 0 fully saturated rings. The van der Waals surface area contributed by atoms with Gasteiger partial charge in [0, 0.05) is 6.04 Å². The van der Waals surface area contributed by atoms with Crippen molar-refractivity contribution in [3.8, 4) is 5.75 Å². The van der Waals surface area contributed by atoms with Crippen molar-refractivity contribution in [3.05, 3.63) is 48.4 Å². The molecule has 0 spiro atoms. The van der Waals surface area contributed by atoms with E-state index in [0.29, 0.717) is 24.7 Å². The SMILES string of the molecule is CC(C)COc1ccc(S(=O)(=O)NC(C)Cc2ccoc2)cc1. The first-order valence-electron chi connectivity index (χ1n) is 7.63. The second-order valence-corrected chi connectivity index (χ2v) is 7.75. The Balaban J connectivity index is 1.98. The van der Waals surface area contributed by atoms with Crippen LogP contribution in [0.5, 0.6) is 5.75 Å². The zero-order valence-electron chi connectivity index (χ0n) is 13.7. The summed E-state index contributed by atoms with van der Waals surface area (Å²) in [5.41, 5.74) is 0.956. The predicted molar refractivity (Wildman–Crippen MR) is 89.0 cm³/mol. The lowest BCUT2D eigenvalue weighted by atomic mass is 10.1. The van der Waals surface area contributed by atoms with Crippen molar-refractivity contribution in [2.75, 3.05) is 6.61 Å². The smallest absolute Gasteiger partial charge is 0.240 e. The fraction of sp³-hybridized carbons (Fsp3) is 0.412. The van der Waals surface area contributed by atoms with E-state index >= 15 is 0 Å². The maximum atomic E-state index is 12.4. The van der Waals surface area contributed by atoms with Gasteiger partial charge in [-0.15, -0.1) is 0 Å². The summed E-state index contributed by atoms with van der Waals surface area (Å²) in [6.45, 7) is 6.55. The Morgan fingerprint density at radius 2 is 1.83 bits per heavy atom. The van der Waals surface area contributed by atoms with Crippen LogP contribution in [0.4, 0.5) is 0 Å². The zero-order chi connectivity index (χ0) is 16.9. The highest BCUT2D eigenvalue weighted by molar-refractivity contribution is 7.89. The summed E-state index contributed by atoms with van der Waals surface area (Å²) in [7, 11) is -3.55. The standard InChI is InChI=1S/C17H23NO4S/c1-13(2)11-22-16-4-6-17(7-5-16)23(19,20)18-14(3)10-15-8-9-21-12-15/h4-9,12-14,18H,10-11H2,1-3H3. The molecule has 0 radical (unpaired) electrons. The maximum absolute atomic E-state index is 12.4. The lowest BCUT2D eigenvalue weighted by Gasteiger charge is -2.14. The molecular weight excluding hydrogens is 314 g/mol. The monoisotopic (exact) mass is 337 g/mol. The Kier molecular flexibility index (Phi) is 5.85. The molecule has 126 valence electrons. The number of ether oxygens (including phenoxy) is 1. The fourth-order valence-corrected chi connectivity index (χ4v) is 3.36. The zero-order valence-corrected chi connectivity index (χ0v) is 14.5. The first-order valence-corrected chi connectivity index (χ1v) is 9.11. The van der Waals surface area contributed by atoms with Crippen LogP contribution < -0.4 is 9.46 Å². The van der Waals surface area contributed by atoms with Crippen LogP contribution in [0.1, 0.15) is 26.3 Å². The van der Waals surface area contributed by atoms with E-state index in [1.165, 1.54) is 0 Å². The Hall–Kier alpha value is -1.79. The minimum atomic E-state index is -3.55. The third-order valence-electron chi connectivity index (χ3n) is 3.20. The highest BCUT2D eigenvalue weighted by Gasteiger charge is 2.18. The van der Waals surface area contributed by atoms with Gasteiger partial charge < -0.3 is 9.15 Å². The van der Waals surface area contributed by atoms with E-state index in [0.717, 1.165) is 5.56 Å². The molecule has 23 heavy (non-hydrogen) atoms. The van der Waals surface area contributed by atoms with Crippen LogP contribution in [-0.2, 0) is 16.4 Å². The fourth-order valence-electron chi connectivity index (χ4n) is 2.11. The summed E-state index contributed by atoms with van der Waals surface area (Å²) in [5.74, 6) is 1.09.